The van der Waals surface area contributed by atoms with Crippen molar-refractivity contribution in [1.29, 1.82) is 0 Å². The average molecular weight is 420 g/mol. The number of benzene rings is 1. The van der Waals surface area contributed by atoms with Crippen LogP contribution in [0.5, 0.6) is 0 Å². The molecule has 0 saturated carbocycles. The van der Waals surface area contributed by atoms with Crippen LogP contribution in [0.15, 0.2) is 36.9 Å². The smallest absolute Gasteiger partial charge is 0.408 e. The van der Waals surface area contributed by atoms with Gasteiger partial charge in [-0.15, -0.1) is 16.8 Å². The van der Waals surface area contributed by atoms with Gasteiger partial charge in [0.25, 0.3) is 5.69 Å². The molecule has 3 N–H and O–H groups in total. The number of nitro groups is 1. The van der Waals surface area contributed by atoms with Gasteiger partial charge < -0.3 is 15.8 Å². The summed E-state index contributed by atoms with van der Waals surface area (Å²) in [6.45, 7) is 8.98. The molecule has 0 fully saturated rings. The van der Waals surface area contributed by atoms with Crippen molar-refractivity contribution in [1.82, 2.24) is 15.5 Å². The molecule has 154 valence electrons. The first kappa shape index (κ1) is 22.1. The first-order valence-electron chi connectivity index (χ1n) is 8.69. The van der Waals surface area contributed by atoms with Gasteiger partial charge in [-0.3, -0.25) is 10.1 Å². The number of nitrogen functional groups attached to an aromatic ring is 1. The van der Waals surface area contributed by atoms with Gasteiger partial charge in [0.2, 0.25) is 0 Å². The Kier molecular flexibility index (Phi) is 6.76. The number of amides is 1. The number of ether oxygens (including phenoxy) is 1. The highest BCUT2D eigenvalue weighted by Gasteiger charge is 2.24. The highest BCUT2D eigenvalue weighted by atomic mass is 35.5. The minimum Gasteiger partial charge on any atom is -0.444 e. The molecule has 1 amide bonds. The Balaban J connectivity index is 2.50. The van der Waals surface area contributed by atoms with Crippen molar-refractivity contribution in [2.24, 2.45) is 0 Å². The summed E-state index contributed by atoms with van der Waals surface area (Å²) >= 11 is 6.03. The van der Waals surface area contributed by atoms with Gasteiger partial charge in [0.1, 0.15) is 11.3 Å². The fourth-order valence-corrected chi connectivity index (χ4v) is 2.77. The van der Waals surface area contributed by atoms with E-state index in [4.69, 9.17) is 22.1 Å². The van der Waals surface area contributed by atoms with Crippen molar-refractivity contribution < 1.29 is 14.5 Å². The predicted molar refractivity (Wildman–Crippen MR) is 110 cm³/mol. The van der Waals surface area contributed by atoms with Gasteiger partial charge in [0, 0.05) is 28.9 Å². The van der Waals surface area contributed by atoms with Crippen LogP contribution >= 0.6 is 11.6 Å². The molecule has 0 aliphatic heterocycles. The summed E-state index contributed by atoms with van der Waals surface area (Å²) in [5, 5.41) is 21.8. The van der Waals surface area contributed by atoms with E-state index in [2.05, 4.69) is 22.1 Å². The summed E-state index contributed by atoms with van der Waals surface area (Å²) in [6.07, 6.45) is 1.35. The molecule has 2 rings (SSSR count). The Morgan fingerprint density at radius 1 is 1.41 bits per heavy atom. The molecule has 0 aliphatic rings. The molecule has 29 heavy (non-hydrogen) atoms. The highest BCUT2D eigenvalue weighted by Crippen LogP contribution is 2.34. The number of halogens is 1. The Hall–Kier alpha value is -3.20. The first-order chi connectivity index (χ1) is 13.5. The summed E-state index contributed by atoms with van der Waals surface area (Å²) in [6, 6.07) is 5.00. The molecule has 1 aromatic heterocycles. The number of nitro benzene ring substituents is 1. The lowest BCUT2D eigenvalue weighted by Crippen LogP contribution is -2.35. The number of aromatic nitrogens is 2. The topological polar surface area (TPSA) is 133 Å². The van der Waals surface area contributed by atoms with E-state index in [9.17, 15) is 14.9 Å². The number of nitrogens with one attached hydrogen (secondary N) is 1. The summed E-state index contributed by atoms with van der Waals surface area (Å²) in [5.74, 6) is 0. The molecule has 1 heterocycles. The number of nitrogens with zero attached hydrogens (tertiary/aromatic N) is 3. The SMILES string of the molecule is C=CCC(NC(=O)OC(C)(C)C)c1cc(Cl)nnc1-c1ccc([N+](=O)[O-])cc1N. The molecule has 0 saturated heterocycles. The Morgan fingerprint density at radius 2 is 2.10 bits per heavy atom. The van der Waals surface area contributed by atoms with Crippen LogP contribution in [0.4, 0.5) is 16.2 Å². The maximum atomic E-state index is 12.3. The quantitative estimate of drug-likeness (QED) is 0.306. The molecule has 1 unspecified atom stereocenters. The normalized spacial score (nSPS) is 12.1. The number of non-ortho nitro benzene ring substituents is 1. The standard InChI is InChI=1S/C19H22ClN5O4/c1-5-6-15(22-18(26)29-19(2,3)4)13-10-16(20)23-24-17(13)12-8-7-11(25(27)28)9-14(12)21/h5,7-10,15H,1,6,21H2,2-4H3,(H,22,26). The maximum absolute atomic E-state index is 12.3. The van der Waals surface area contributed by atoms with E-state index in [1.54, 1.807) is 32.9 Å². The molecule has 1 atom stereocenters. The molecule has 2 aromatic rings. The second-order valence-corrected chi connectivity index (χ2v) is 7.61. The number of anilines is 1. The van der Waals surface area contributed by atoms with Crippen LogP contribution in [0.1, 0.15) is 38.8 Å². The van der Waals surface area contributed by atoms with E-state index in [0.29, 0.717) is 23.2 Å². The summed E-state index contributed by atoms with van der Waals surface area (Å²) in [5.41, 5.74) is 6.63. The third-order valence-electron chi connectivity index (χ3n) is 3.76. The van der Waals surface area contributed by atoms with E-state index >= 15 is 0 Å². The second-order valence-electron chi connectivity index (χ2n) is 7.22. The Morgan fingerprint density at radius 3 is 2.66 bits per heavy atom. The van der Waals surface area contributed by atoms with Crippen LogP contribution in [0.25, 0.3) is 11.3 Å². The number of hydrogen-bond acceptors (Lipinski definition) is 7. The third kappa shape index (κ3) is 5.89. The minimum atomic E-state index is -0.678. The zero-order chi connectivity index (χ0) is 21.8. The fraction of sp³-hybridized carbons (Fsp3) is 0.316. The fourth-order valence-electron chi connectivity index (χ4n) is 2.62. The van der Waals surface area contributed by atoms with Gasteiger partial charge in [0.05, 0.1) is 11.0 Å². The van der Waals surface area contributed by atoms with E-state index in [0.717, 1.165) is 0 Å². The lowest BCUT2D eigenvalue weighted by atomic mass is 9.97. The van der Waals surface area contributed by atoms with Crippen molar-refractivity contribution in [2.45, 2.75) is 38.8 Å². The molecule has 10 heteroatoms. The van der Waals surface area contributed by atoms with Crippen LogP contribution in [0, 0.1) is 10.1 Å². The number of alkyl carbamates (subject to hydrolysis) is 1. The monoisotopic (exact) mass is 419 g/mol. The van der Waals surface area contributed by atoms with Crippen molar-refractivity contribution in [3.8, 4) is 11.3 Å². The van der Waals surface area contributed by atoms with Crippen molar-refractivity contribution in [3.63, 3.8) is 0 Å². The predicted octanol–water partition coefficient (Wildman–Crippen LogP) is 4.43. The molecule has 9 nitrogen and oxygen atoms in total. The van der Waals surface area contributed by atoms with Gasteiger partial charge in [-0.2, -0.15) is 0 Å². The largest absolute Gasteiger partial charge is 0.444 e. The third-order valence-corrected chi connectivity index (χ3v) is 3.95. The summed E-state index contributed by atoms with van der Waals surface area (Å²) in [4.78, 5) is 22.7. The van der Waals surface area contributed by atoms with Gasteiger partial charge in [-0.25, -0.2) is 4.79 Å². The number of carbonyl (C=O) groups is 1. The molecule has 0 aliphatic carbocycles. The van der Waals surface area contributed by atoms with Crippen LogP contribution in [0.2, 0.25) is 5.15 Å². The van der Waals surface area contributed by atoms with Gasteiger partial charge in [0.15, 0.2) is 5.15 Å². The Labute approximate surface area is 173 Å². The van der Waals surface area contributed by atoms with Crippen LogP contribution in [-0.4, -0.2) is 26.8 Å². The zero-order valence-corrected chi connectivity index (χ0v) is 17.1. The van der Waals surface area contributed by atoms with Gasteiger partial charge in [-0.1, -0.05) is 17.7 Å². The van der Waals surface area contributed by atoms with Gasteiger partial charge >= 0.3 is 6.09 Å². The van der Waals surface area contributed by atoms with Crippen molar-refractivity contribution in [3.05, 3.63) is 57.8 Å². The number of nitrogens with two attached hydrogens (primary N) is 1. The van der Waals surface area contributed by atoms with E-state index in [1.165, 1.54) is 18.2 Å². The molecule has 0 radical (unpaired) electrons. The van der Waals surface area contributed by atoms with Crippen molar-refractivity contribution >= 4 is 29.1 Å². The van der Waals surface area contributed by atoms with E-state index in [-0.39, 0.29) is 16.5 Å². The molecule has 0 bridgehead atoms. The van der Waals surface area contributed by atoms with Crippen molar-refractivity contribution in [2.75, 3.05) is 5.73 Å². The maximum Gasteiger partial charge on any atom is 0.408 e. The zero-order valence-electron chi connectivity index (χ0n) is 16.3. The minimum absolute atomic E-state index is 0.115. The van der Waals surface area contributed by atoms with Crippen LogP contribution in [0.3, 0.4) is 0 Å². The Bertz CT molecular complexity index is 943. The molecular formula is C19H22ClN5O4. The van der Waals surface area contributed by atoms with E-state index < -0.39 is 22.7 Å². The highest BCUT2D eigenvalue weighted by molar-refractivity contribution is 6.29. The molecular weight excluding hydrogens is 398 g/mol. The number of rotatable bonds is 6. The number of carbonyl (C=O) groups excluding carboxylic acids is 1. The van der Waals surface area contributed by atoms with Crippen LogP contribution < -0.4 is 11.1 Å². The number of hydrogen-bond donors (Lipinski definition) is 2. The first-order valence-corrected chi connectivity index (χ1v) is 9.07. The van der Waals surface area contributed by atoms with E-state index in [1.807, 2.05) is 0 Å². The van der Waals surface area contributed by atoms with Gasteiger partial charge in [-0.05, 0) is 39.3 Å². The second kappa shape index (κ2) is 8.87. The molecule has 0 spiro atoms. The lowest BCUT2D eigenvalue weighted by molar-refractivity contribution is -0.384. The molecule has 1 aromatic carbocycles. The lowest BCUT2D eigenvalue weighted by Gasteiger charge is -2.24. The average Bonchev–Trinajstić information content (AvgIpc) is 2.60. The summed E-state index contributed by atoms with van der Waals surface area (Å²) < 4.78 is 5.32. The van der Waals surface area contributed by atoms with Crippen LogP contribution in [-0.2, 0) is 4.74 Å². The summed E-state index contributed by atoms with van der Waals surface area (Å²) in [7, 11) is 0.